The topological polar surface area (TPSA) is 84.9 Å². The van der Waals surface area contributed by atoms with Gasteiger partial charge in [0.1, 0.15) is 5.82 Å². The van der Waals surface area contributed by atoms with Crippen molar-refractivity contribution in [3.05, 3.63) is 42.0 Å². The van der Waals surface area contributed by atoms with Gasteiger partial charge in [0, 0.05) is 44.5 Å². The van der Waals surface area contributed by atoms with Crippen LogP contribution in [0, 0.1) is 0 Å². The zero-order valence-electron chi connectivity index (χ0n) is 22.4. The predicted molar refractivity (Wildman–Crippen MR) is 149 cm³/mol. The molecular formula is C29H38N6O3. The van der Waals surface area contributed by atoms with Gasteiger partial charge in [-0.2, -0.15) is 9.97 Å². The van der Waals surface area contributed by atoms with E-state index in [1.54, 1.807) is 0 Å². The molecule has 3 aliphatic rings. The fourth-order valence-corrected chi connectivity index (χ4v) is 5.56. The highest BCUT2D eigenvalue weighted by atomic mass is 16.5. The summed E-state index contributed by atoms with van der Waals surface area (Å²) in [4.78, 5) is 19.8. The molecule has 3 aromatic rings. The molecule has 0 spiro atoms. The summed E-state index contributed by atoms with van der Waals surface area (Å²) in [5.74, 6) is 1.66. The van der Waals surface area contributed by atoms with E-state index in [1.807, 2.05) is 0 Å². The maximum Gasteiger partial charge on any atom is 0.229 e. The molecule has 2 aromatic heterocycles. The van der Waals surface area contributed by atoms with Crippen molar-refractivity contribution >= 4 is 22.8 Å². The molecular weight excluding hydrogens is 480 g/mol. The minimum atomic E-state index is 0.208. The Morgan fingerprint density at radius 1 is 0.842 bits per heavy atom. The molecule has 0 aliphatic carbocycles. The van der Waals surface area contributed by atoms with Gasteiger partial charge in [-0.3, -0.25) is 0 Å². The van der Waals surface area contributed by atoms with E-state index in [0.29, 0.717) is 32.5 Å². The van der Waals surface area contributed by atoms with Gasteiger partial charge < -0.3 is 29.3 Å². The quantitative estimate of drug-likeness (QED) is 0.528. The van der Waals surface area contributed by atoms with Gasteiger partial charge >= 0.3 is 0 Å². The molecule has 9 nitrogen and oxygen atoms in total. The van der Waals surface area contributed by atoms with Crippen LogP contribution in [-0.4, -0.2) is 85.8 Å². The molecule has 0 unspecified atom stereocenters. The number of nitrogens with zero attached hydrogens (tertiary/aromatic N) is 5. The van der Waals surface area contributed by atoms with E-state index in [4.69, 9.17) is 29.2 Å². The highest BCUT2D eigenvalue weighted by molar-refractivity contribution is 5.90. The summed E-state index contributed by atoms with van der Waals surface area (Å²) in [6, 6.07) is 13.8. The number of hydrogen-bond acceptors (Lipinski definition) is 9. The molecule has 1 aromatic carbocycles. The van der Waals surface area contributed by atoms with Crippen LogP contribution in [0.3, 0.4) is 0 Å². The van der Waals surface area contributed by atoms with Crippen molar-refractivity contribution in [2.75, 3.05) is 62.5 Å². The molecule has 202 valence electrons. The van der Waals surface area contributed by atoms with E-state index in [-0.39, 0.29) is 12.1 Å². The third-order valence-electron chi connectivity index (χ3n) is 7.83. The SMILES string of the molecule is C[C@H]1COCCN1c1nc(N2CCOC[C@@H]2C)c2ccc(-c3cccc(CNC4CCOCC4)c3)nc2n1. The molecule has 0 amide bonds. The fraction of sp³-hybridized carbons (Fsp3) is 0.552. The van der Waals surface area contributed by atoms with Crippen molar-refractivity contribution in [1.82, 2.24) is 20.3 Å². The lowest BCUT2D eigenvalue weighted by atomic mass is 10.1. The molecule has 38 heavy (non-hydrogen) atoms. The Bertz CT molecular complexity index is 1250. The Morgan fingerprint density at radius 2 is 1.61 bits per heavy atom. The third-order valence-corrected chi connectivity index (χ3v) is 7.83. The van der Waals surface area contributed by atoms with Crippen molar-refractivity contribution in [2.24, 2.45) is 0 Å². The molecule has 0 bridgehead atoms. The second kappa shape index (κ2) is 11.5. The van der Waals surface area contributed by atoms with Crippen LogP contribution in [0.2, 0.25) is 0 Å². The maximum absolute atomic E-state index is 5.72. The third kappa shape index (κ3) is 5.47. The van der Waals surface area contributed by atoms with Crippen molar-refractivity contribution in [3.8, 4) is 11.3 Å². The van der Waals surface area contributed by atoms with Gasteiger partial charge in [0.25, 0.3) is 0 Å². The molecule has 6 rings (SSSR count). The Kier molecular flexibility index (Phi) is 7.69. The molecule has 0 saturated carbocycles. The van der Waals surface area contributed by atoms with E-state index in [2.05, 4.69) is 65.4 Å². The predicted octanol–water partition coefficient (Wildman–Crippen LogP) is 3.41. The molecule has 3 aliphatic heterocycles. The smallest absolute Gasteiger partial charge is 0.229 e. The molecule has 3 saturated heterocycles. The van der Waals surface area contributed by atoms with Gasteiger partial charge in [-0.25, -0.2) is 4.98 Å². The number of benzene rings is 1. The second-order valence-corrected chi connectivity index (χ2v) is 10.6. The Morgan fingerprint density at radius 3 is 2.37 bits per heavy atom. The van der Waals surface area contributed by atoms with Crippen molar-refractivity contribution in [1.29, 1.82) is 0 Å². The molecule has 5 heterocycles. The number of aromatic nitrogens is 3. The lowest BCUT2D eigenvalue weighted by molar-refractivity contribution is 0.0776. The standard InChI is InChI=1S/C29H38N6O3/c1-20-18-37-14-10-34(20)28-25-6-7-26(31-27(25)32-29(33-28)35-11-15-38-19-21(35)2)23-5-3-4-22(16-23)17-30-24-8-12-36-13-9-24/h3-7,16,20-21,24,30H,8-15,17-19H2,1-2H3/t20-,21-/m0/s1. The van der Waals surface area contributed by atoms with Crippen LogP contribution >= 0.6 is 0 Å². The first-order chi connectivity index (χ1) is 18.7. The number of morpholine rings is 2. The van der Waals surface area contributed by atoms with Crippen LogP contribution in [0.15, 0.2) is 36.4 Å². The monoisotopic (exact) mass is 518 g/mol. The molecule has 2 atom stereocenters. The average Bonchev–Trinajstić information content (AvgIpc) is 2.96. The highest BCUT2D eigenvalue weighted by Crippen LogP contribution is 2.31. The number of anilines is 2. The number of pyridine rings is 1. The minimum absolute atomic E-state index is 0.208. The summed E-state index contributed by atoms with van der Waals surface area (Å²) in [7, 11) is 0. The minimum Gasteiger partial charge on any atom is -0.381 e. The number of fused-ring (bicyclic) bond motifs is 1. The maximum atomic E-state index is 5.72. The van der Waals surface area contributed by atoms with Crippen molar-refractivity contribution in [2.45, 2.75) is 51.4 Å². The average molecular weight is 519 g/mol. The van der Waals surface area contributed by atoms with Crippen molar-refractivity contribution < 1.29 is 14.2 Å². The van der Waals surface area contributed by atoms with Crippen LogP contribution < -0.4 is 15.1 Å². The summed E-state index contributed by atoms with van der Waals surface area (Å²) in [6.45, 7) is 11.2. The number of rotatable bonds is 6. The van der Waals surface area contributed by atoms with Gasteiger partial charge in [0.05, 0.1) is 49.6 Å². The highest BCUT2D eigenvalue weighted by Gasteiger charge is 2.27. The first-order valence-electron chi connectivity index (χ1n) is 13.9. The van der Waals surface area contributed by atoms with Crippen LogP contribution in [0.5, 0.6) is 0 Å². The first-order valence-corrected chi connectivity index (χ1v) is 13.9. The van der Waals surface area contributed by atoms with Gasteiger partial charge in [-0.1, -0.05) is 18.2 Å². The normalized spacial score (nSPS) is 23.2. The van der Waals surface area contributed by atoms with Gasteiger partial charge in [0.2, 0.25) is 5.95 Å². The Labute approximate surface area is 224 Å². The van der Waals surface area contributed by atoms with Crippen LogP contribution in [-0.2, 0) is 20.8 Å². The summed E-state index contributed by atoms with van der Waals surface area (Å²) in [5, 5.41) is 4.67. The summed E-state index contributed by atoms with van der Waals surface area (Å²) in [5.41, 5.74) is 4.00. The van der Waals surface area contributed by atoms with E-state index in [0.717, 1.165) is 79.7 Å². The Balaban J connectivity index is 1.34. The zero-order valence-corrected chi connectivity index (χ0v) is 22.4. The molecule has 9 heteroatoms. The largest absolute Gasteiger partial charge is 0.381 e. The lowest BCUT2D eigenvalue weighted by Gasteiger charge is -2.37. The van der Waals surface area contributed by atoms with Crippen LogP contribution in [0.1, 0.15) is 32.3 Å². The molecule has 1 N–H and O–H groups in total. The van der Waals surface area contributed by atoms with Gasteiger partial charge in [-0.15, -0.1) is 0 Å². The first kappa shape index (κ1) is 25.4. The van der Waals surface area contributed by atoms with E-state index < -0.39 is 0 Å². The Hall–Kier alpha value is -2.85. The number of ether oxygens (including phenoxy) is 3. The van der Waals surface area contributed by atoms with E-state index in [1.165, 1.54) is 5.56 Å². The van der Waals surface area contributed by atoms with Crippen LogP contribution in [0.4, 0.5) is 11.8 Å². The van der Waals surface area contributed by atoms with Crippen molar-refractivity contribution in [3.63, 3.8) is 0 Å². The zero-order chi connectivity index (χ0) is 25.9. The summed E-state index contributed by atoms with van der Waals surface area (Å²) in [6.07, 6.45) is 2.14. The van der Waals surface area contributed by atoms with Crippen LogP contribution in [0.25, 0.3) is 22.3 Å². The van der Waals surface area contributed by atoms with Gasteiger partial charge in [0.15, 0.2) is 5.65 Å². The fourth-order valence-electron chi connectivity index (χ4n) is 5.56. The van der Waals surface area contributed by atoms with Gasteiger partial charge in [-0.05, 0) is 50.5 Å². The molecule has 3 fully saturated rings. The lowest BCUT2D eigenvalue weighted by Crippen LogP contribution is -2.46. The van der Waals surface area contributed by atoms with E-state index >= 15 is 0 Å². The second-order valence-electron chi connectivity index (χ2n) is 10.6. The van der Waals surface area contributed by atoms with E-state index in [9.17, 15) is 0 Å². The molecule has 0 radical (unpaired) electrons. The number of nitrogens with one attached hydrogen (secondary N) is 1. The number of hydrogen-bond donors (Lipinski definition) is 1. The summed E-state index contributed by atoms with van der Waals surface area (Å²) >= 11 is 0. The summed E-state index contributed by atoms with van der Waals surface area (Å²) < 4.78 is 16.9.